The van der Waals surface area contributed by atoms with E-state index in [0.717, 1.165) is 6.61 Å². The van der Waals surface area contributed by atoms with Crippen LogP contribution in [0.4, 0.5) is 0 Å². The Morgan fingerprint density at radius 3 is 2.15 bits per heavy atom. The lowest BCUT2D eigenvalue weighted by Gasteiger charge is -2.33. The lowest BCUT2D eigenvalue weighted by Crippen LogP contribution is -2.46. The molecule has 0 aromatic carbocycles. The minimum atomic E-state index is -1.31. The normalized spacial score (nSPS) is 20.5. The van der Waals surface area contributed by atoms with Gasteiger partial charge in [-0.05, 0) is 25.9 Å². The fraction of sp³-hybridized carbons (Fsp3) is 0.909. The summed E-state index contributed by atoms with van der Waals surface area (Å²) in [6, 6.07) is 0. The van der Waals surface area contributed by atoms with Gasteiger partial charge in [0.05, 0.1) is 6.61 Å². The van der Waals surface area contributed by atoms with Crippen molar-refractivity contribution in [1.29, 1.82) is 0 Å². The molecule has 0 radical (unpaired) electrons. The summed E-state index contributed by atoms with van der Waals surface area (Å²) in [5.41, 5.74) is 1.45. The minimum Gasteiger partial charge on any atom is -0.212 e. The van der Waals surface area contributed by atoms with Crippen LogP contribution >= 0.6 is 0 Å². The highest BCUT2D eigenvalue weighted by atomic mass is 28.3. The molecule has 0 bridgehead atoms. The van der Waals surface area contributed by atoms with Crippen LogP contribution in [0.15, 0.2) is 0 Å². The van der Waals surface area contributed by atoms with Crippen molar-refractivity contribution in [3.8, 4) is 0 Å². The van der Waals surface area contributed by atoms with Crippen LogP contribution in [0.5, 0.6) is 0 Å². The van der Waals surface area contributed by atoms with Crippen molar-refractivity contribution in [3.05, 3.63) is 5.73 Å². The van der Waals surface area contributed by atoms with Crippen molar-refractivity contribution in [1.82, 2.24) is 0 Å². The van der Waals surface area contributed by atoms with Crippen LogP contribution < -0.4 is 0 Å². The van der Waals surface area contributed by atoms with Gasteiger partial charge in [0.25, 0.3) is 0 Å². The van der Waals surface area contributed by atoms with Gasteiger partial charge in [0.1, 0.15) is 6.42 Å². The molecular weight excluding hydrogens is 176 g/mol. The van der Waals surface area contributed by atoms with E-state index in [1.54, 1.807) is 0 Å². The lowest BCUT2D eigenvalue weighted by molar-refractivity contribution is 0.128. The molecule has 0 aromatic rings. The van der Waals surface area contributed by atoms with Crippen molar-refractivity contribution in [2.24, 2.45) is 0 Å². The lowest BCUT2D eigenvalue weighted by atomic mass is 10.2. The number of hydrogen-bond donors (Lipinski definition) is 0. The molecule has 1 fully saturated rings. The Morgan fingerprint density at radius 2 is 1.77 bits per heavy atom. The van der Waals surface area contributed by atoms with Gasteiger partial charge in [-0.1, -0.05) is 20.8 Å². The van der Waals surface area contributed by atoms with Crippen LogP contribution in [0.1, 0.15) is 40.0 Å². The minimum absolute atomic E-state index is 0.430. The fourth-order valence-electron chi connectivity index (χ4n) is 1.57. The average molecular weight is 199 g/mol. The third kappa shape index (κ3) is 2.29. The Morgan fingerprint density at radius 1 is 1.15 bits per heavy atom. The van der Waals surface area contributed by atoms with Crippen LogP contribution in [0.3, 0.4) is 0 Å². The summed E-state index contributed by atoms with van der Waals surface area (Å²) in [7, 11) is -1.31. The Balaban J connectivity index is 2.67. The molecule has 0 aliphatic carbocycles. The van der Waals surface area contributed by atoms with E-state index in [4.69, 9.17) is 4.74 Å². The summed E-state index contributed by atoms with van der Waals surface area (Å²) in [5.74, 6) is 0. The van der Waals surface area contributed by atoms with Gasteiger partial charge in [0.2, 0.25) is 0 Å². The van der Waals surface area contributed by atoms with E-state index >= 15 is 0 Å². The summed E-state index contributed by atoms with van der Waals surface area (Å²) in [5, 5.41) is 0.430. The Hall–Kier alpha value is 0.0469. The molecule has 0 N–H and O–H groups in total. The zero-order chi connectivity index (χ0) is 10.1. The van der Waals surface area contributed by atoms with E-state index in [1.165, 1.54) is 25.0 Å². The SMILES string of the molecule is CC(C)(C)[Si](C)(C)[C+]1CCCCO1. The summed E-state index contributed by atoms with van der Waals surface area (Å²) in [6.45, 7) is 12.9. The molecule has 0 unspecified atom stereocenters. The van der Waals surface area contributed by atoms with E-state index in [1.807, 2.05) is 0 Å². The molecule has 0 aromatic heterocycles. The maximum Gasteiger partial charge on any atom is 0.309 e. The molecule has 2 heteroatoms. The van der Waals surface area contributed by atoms with Crippen molar-refractivity contribution >= 4 is 8.07 Å². The monoisotopic (exact) mass is 199 g/mol. The second-order valence-corrected chi connectivity index (χ2v) is 10.9. The highest BCUT2D eigenvalue weighted by molar-refractivity contribution is 6.84. The molecule has 76 valence electrons. The number of hydrogen-bond acceptors (Lipinski definition) is 1. The molecule has 1 nitrogen and oxygen atoms in total. The summed E-state index contributed by atoms with van der Waals surface area (Å²) in [6.07, 6.45) is 3.80. The van der Waals surface area contributed by atoms with Gasteiger partial charge in [0.15, 0.2) is 5.73 Å². The standard InChI is InChI=1S/C11H23OSi/c1-11(2,3)13(4,5)10-8-6-7-9-12-10/h6-9H2,1-5H3/q+1. The highest BCUT2D eigenvalue weighted by Gasteiger charge is 2.55. The Kier molecular flexibility index (Phi) is 3.13. The summed E-state index contributed by atoms with van der Waals surface area (Å²) < 4.78 is 5.85. The molecule has 1 aliphatic heterocycles. The van der Waals surface area contributed by atoms with Crippen molar-refractivity contribution in [3.63, 3.8) is 0 Å². The predicted molar refractivity (Wildman–Crippen MR) is 60.2 cm³/mol. The molecule has 0 atom stereocenters. The molecule has 0 saturated carbocycles. The van der Waals surface area contributed by atoms with Gasteiger partial charge in [-0.2, -0.15) is 0 Å². The first-order valence-electron chi connectivity index (χ1n) is 5.35. The molecule has 13 heavy (non-hydrogen) atoms. The van der Waals surface area contributed by atoms with Crippen LogP contribution in [-0.4, -0.2) is 14.7 Å². The quantitative estimate of drug-likeness (QED) is 0.461. The van der Waals surface area contributed by atoms with E-state index in [-0.39, 0.29) is 0 Å². The maximum absolute atomic E-state index is 5.85. The molecule has 0 amide bonds. The van der Waals surface area contributed by atoms with Crippen LogP contribution in [0.2, 0.25) is 18.1 Å². The highest BCUT2D eigenvalue weighted by Crippen LogP contribution is 2.44. The van der Waals surface area contributed by atoms with Crippen LogP contribution in [0, 0.1) is 5.73 Å². The van der Waals surface area contributed by atoms with Crippen molar-refractivity contribution in [2.75, 3.05) is 6.61 Å². The maximum atomic E-state index is 5.85. The topological polar surface area (TPSA) is 9.23 Å². The van der Waals surface area contributed by atoms with Crippen LogP contribution in [-0.2, 0) is 4.74 Å². The van der Waals surface area contributed by atoms with Gasteiger partial charge in [0, 0.05) is 5.04 Å². The smallest absolute Gasteiger partial charge is 0.212 e. The molecule has 1 saturated heterocycles. The zero-order valence-electron chi connectivity index (χ0n) is 9.74. The number of rotatable bonds is 1. The van der Waals surface area contributed by atoms with Gasteiger partial charge in [-0.3, -0.25) is 0 Å². The van der Waals surface area contributed by atoms with Gasteiger partial charge < -0.3 is 0 Å². The summed E-state index contributed by atoms with van der Waals surface area (Å²) in [4.78, 5) is 0. The van der Waals surface area contributed by atoms with E-state index in [0.29, 0.717) is 5.04 Å². The predicted octanol–water partition coefficient (Wildman–Crippen LogP) is 3.77. The second-order valence-electron chi connectivity index (χ2n) is 5.60. The Labute approximate surface area is 83.9 Å². The molecular formula is C11H23OSi+. The van der Waals surface area contributed by atoms with E-state index < -0.39 is 8.07 Å². The Bertz CT molecular complexity index is 163. The molecule has 1 rings (SSSR count). The average Bonchev–Trinajstić information content (AvgIpc) is 2.04. The third-order valence-electron chi connectivity index (χ3n) is 3.65. The first-order chi connectivity index (χ1) is 5.86. The summed E-state index contributed by atoms with van der Waals surface area (Å²) >= 11 is 0. The van der Waals surface area contributed by atoms with E-state index in [2.05, 4.69) is 33.9 Å². The largest absolute Gasteiger partial charge is 0.309 e. The number of ether oxygens (including phenoxy) is 1. The first-order valence-corrected chi connectivity index (χ1v) is 8.35. The van der Waals surface area contributed by atoms with E-state index in [9.17, 15) is 0 Å². The molecule has 1 aliphatic rings. The third-order valence-corrected chi connectivity index (χ3v) is 9.19. The zero-order valence-corrected chi connectivity index (χ0v) is 10.7. The van der Waals surface area contributed by atoms with Gasteiger partial charge in [-0.25, -0.2) is 4.74 Å². The van der Waals surface area contributed by atoms with Gasteiger partial charge >= 0.3 is 8.07 Å². The molecule has 0 spiro atoms. The first kappa shape index (κ1) is 11.1. The fourth-order valence-corrected chi connectivity index (χ4v) is 3.67. The molecule has 1 heterocycles. The second kappa shape index (κ2) is 3.66. The van der Waals surface area contributed by atoms with Gasteiger partial charge in [-0.15, -0.1) is 0 Å². The van der Waals surface area contributed by atoms with Crippen molar-refractivity contribution < 1.29 is 4.74 Å². The van der Waals surface area contributed by atoms with Crippen molar-refractivity contribution in [2.45, 2.75) is 58.2 Å². The van der Waals surface area contributed by atoms with Crippen LogP contribution in [0.25, 0.3) is 0 Å².